The Kier molecular flexibility index (Phi) is 4.34. The largest absolute Gasteiger partial charge is 0.631 e. The van der Waals surface area contributed by atoms with E-state index < -0.39 is 20.5 Å². The van der Waals surface area contributed by atoms with Gasteiger partial charge in [-0.2, -0.15) is 0 Å². The molecule has 0 bridgehead atoms. The molecular weight excluding hydrogens is 358 g/mol. The van der Waals surface area contributed by atoms with Gasteiger partial charge in [0.15, 0.2) is 0 Å². The van der Waals surface area contributed by atoms with Crippen LogP contribution in [0.1, 0.15) is 26.3 Å². The van der Waals surface area contributed by atoms with Crippen LogP contribution >= 0.6 is 27.7 Å². The second-order valence-corrected chi connectivity index (χ2v) is 8.53. The minimum Gasteiger partial charge on any atom is -0.631 e. The van der Waals surface area contributed by atoms with Gasteiger partial charge in [-0.05, 0) is 42.8 Å². The molecule has 6 nitrogen and oxygen atoms in total. The van der Waals surface area contributed by atoms with Crippen molar-refractivity contribution in [2.24, 2.45) is 5.73 Å². The molecule has 1 aromatic heterocycles. The predicted molar refractivity (Wildman–Crippen MR) is 87.3 cm³/mol. The summed E-state index contributed by atoms with van der Waals surface area (Å²) in [6.45, 7) is 4.91. The van der Waals surface area contributed by atoms with Crippen LogP contribution in [0.3, 0.4) is 0 Å². The molecule has 1 aromatic rings. The molecule has 2 N–H and O–H groups in total. The highest BCUT2D eigenvalue weighted by atomic mass is 79.9. The van der Waals surface area contributed by atoms with Gasteiger partial charge in [-0.15, -0.1) is 11.8 Å². The Hall–Kier alpha value is -0.380. The van der Waals surface area contributed by atoms with Crippen molar-refractivity contribution in [3.05, 3.63) is 32.7 Å². The summed E-state index contributed by atoms with van der Waals surface area (Å²) in [5.74, 6) is 0.403. The van der Waals surface area contributed by atoms with Gasteiger partial charge < -0.3 is 25.7 Å². The molecule has 1 aliphatic heterocycles. The maximum Gasteiger partial charge on any atom is 0.217 e. The third-order valence-corrected chi connectivity index (χ3v) is 6.19. The first-order valence-electron chi connectivity index (χ1n) is 6.47. The van der Waals surface area contributed by atoms with E-state index in [2.05, 4.69) is 20.9 Å². The predicted octanol–water partition coefficient (Wildman–Crippen LogP) is 2.69. The molecule has 2 atom stereocenters. The van der Waals surface area contributed by atoms with Gasteiger partial charge in [0.05, 0.1) is 18.4 Å². The second kappa shape index (κ2) is 5.36. The zero-order chi connectivity index (χ0) is 16.1. The Balaban J connectivity index is 2.51. The molecule has 0 aromatic carbocycles. The quantitative estimate of drug-likeness (QED) is 0.629. The Morgan fingerprint density at radius 1 is 1.48 bits per heavy atom. The van der Waals surface area contributed by atoms with E-state index in [0.29, 0.717) is 11.4 Å². The number of ether oxygens (including phenoxy) is 1. The molecule has 1 unspecified atom stereocenters. The normalized spacial score (nSPS) is 31.0. The van der Waals surface area contributed by atoms with Gasteiger partial charge >= 0.3 is 0 Å². The summed E-state index contributed by atoms with van der Waals surface area (Å²) < 4.78 is 5.27. The van der Waals surface area contributed by atoms with E-state index in [1.165, 1.54) is 18.9 Å². The lowest BCUT2D eigenvalue weighted by atomic mass is 9.96. The Bertz CT molecular complexity index is 555. The van der Waals surface area contributed by atoms with Crippen molar-refractivity contribution < 1.29 is 9.55 Å². The van der Waals surface area contributed by atoms with Crippen LogP contribution in [0.2, 0.25) is 0 Å². The second-order valence-electron chi connectivity index (χ2n) is 5.96. The number of pyridine rings is 1. The number of hydrogen-bond donors (Lipinski definition) is 1. The van der Waals surface area contributed by atoms with Crippen LogP contribution in [0.5, 0.6) is 5.88 Å². The molecule has 0 radical (unpaired) electrons. The average molecular weight is 377 g/mol. The van der Waals surface area contributed by atoms with E-state index in [4.69, 9.17) is 10.5 Å². The topological polar surface area (TPSA) is 94.3 Å². The molecule has 2 heterocycles. The van der Waals surface area contributed by atoms with Crippen molar-refractivity contribution in [3.8, 4) is 5.88 Å². The molecule has 0 aliphatic carbocycles. The number of methoxy groups -OCH3 is 1. The van der Waals surface area contributed by atoms with Crippen LogP contribution in [0, 0.1) is 10.4 Å². The van der Waals surface area contributed by atoms with Crippen molar-refractivity contribution in [1.29, 1.82) is 0 Å². The Labute approximate surface area is 136 Å². The van der Waals surface area contributed by atoms with Crippen LogP contribution < -0.4 is 10.5 Å². The van der Waals surface area contributed by atoms with Crippen molar-refractivity contribution >= 4 is 27.7 Å². The highest BCUT2D eigenvalue weighted by Crippen LogP contribution is 2.52. The first kappa shape index (κ1) is 17.0. The third kappa shape index (κ3) is 2.80. The van der Waals surface area contributed by atoms with Gasteiger partial charge in [0.25, 0.3) is 0 Å². The van der Waals surface area contributed by atoms with Gasteiger partial charge in [0.1, 0.15) is 10.9 Å². The SMILES string of the molecule is COc1ncc(Br)cc1C1(C)C[N+]([O-])([O-])C(C)(C)[C@H](N)S1. The van der Waals surface area contributed by atoms with Gasteiger partial charge in [-0.25, -0.2) is 4.98 Å². The molecule has 1 aliphatic rings. The first-order valence-corrected chi connectivity index (χ1v) is 8.14. The smallest absolute Gasteiger partial charge is 0.217 e. The molecule has 8 heteroatoms. The van der Waals surface area contributed by atoms with E-state index in [9.17, 15) is 10.4 Å². The highest BCUT2D eigenvalue weighted by Gasteiger charge is 2.51. The van der Waals surface area contributed by atoms with Crippen LogP contribution in [0.25, 0.3) is 0 Å². The van der Waals surface area contributed by atoms with Gasteiger partial charge in [-0.3, -0.25) is 0 Å². The maximum atomic E-state index is 12.5. The molecule has 2 rings (SSSR count). The lowest BCUT2D eigenvalue weighted by molar-refractivity contribution is -0.885. The molecule has 0 saturated carbocycles. The number of aromatic nitrogens is 1. The molecule has 1 fully saturated rings. The molecule has 21 heavy (non-hydrogen) atoms. The van der Waals surface area contributed by atoms with E-state index in [0.717, 1.165) is 4.47 Å². The number of hydroxylamine groups is 4. The fourth-order valence-electron chi connectivity index (χ4n) is 2.37. The fraction of sp³-hybridized carbons (Fsp3) is 0.615. The standard InChI is InChI=1S/C13H19BrN3O3S/c1-12(2)11(15)21-13(3,7-17(12,18)19)9-5-8(14)6-16-10(9)20-4/h5-6,11H,7,15H2,1-4H3/q-1/t11-,13?/m1/s1. The average Bonchev–Trinajstić information content (AvgIpc) is 2.36. The van der Waals surface area contributed by atoms with E-state index in [1.807, 2.05) is 13.0 Å². The van der Waals surface area contributed by atoms with E-state index in [1.54, 1.807) is 20.0 Å². The molecule has 1 saturated heterocycles. The van der Waals surface area contributed by atoms with Crippen molar-refractivity contribution in [2.75, 3.05) is 13.7 Å². The summed E-state index contributed by atoms with van der Waals surface area (Å²) in [6.07, 6.45) is 1.61. The monoisotopic (exact) mass is 376 g/mol. The van der Waals surface area contributed by atoms with Crippen LogP contribution in [-0.4, -0.2) is 34.4 Å². The van der Waals surface area contributed by atoms with Gasteiger partial charge in [0, 0.05) is 16.2 Å². The molecule has 0 spiro atoms. The number of halogens is 1. The van der Waals surface area contributed by atoms with E-state index >= 15 is 0 Å². The summed E-state index contributed by atoms with van der Waals surface area (Å²) in [4.78, 5) is 2.55. The van der Waals surface area contributed by atoms with Crippen molar-refractivity contribution in [3.63, 3.8) is 0 Å². The maximum absolute atomic E-state index is 12.5. The van der Waals surface area contributed by atoms with Crippen LogP contribution in [0.4, 0.5) is 0 Å². The Morgan fingerprint density at radius 2 is 2.10 bits per heavy atom. The minimum absolute atomic E-state index is 0.146. The number of rotatable bonds is 2. The highest BCUT2D eigenvalue weighted by molar-refractivity contribution is 9.10. The van der Waals surface area contributed by atoms with Gasteiger partial charge in [-0.1, -0.05) is 0 Å². The summed E-state index contributed by atoms with van der Waals surface area (Å²) in [5.41, 5.74) is 5.70. The van der Waals surface area contributed by atoms with Gasteiger partial charge in [0.2, 0.25) is 5.88 Å². The summed E-state index contributed by atoms with van der Waals surface area (Å²) >= 11 is 4.77. The van der Waals surface area contributed by atoms with Crippen molar-refractivity contribution in [1.82, 2.24) is 4.98 Å². The first-order chi connectivity index (χ1) is 9.53. The van der Waals surface area contributed by atoms with Crippen LogP contribution in [0.15, 0.2) is 16.7 Å². The number of quaternary nitrogens is 1. The molecular formula is C13H19BrN3O3S-. The van der Waals surface area contributed by atoms with Crippen LogP contribution in [-0.2, 0) is 4.75 Å². The summed E-state index contributed by atoms with van der Waals surface area (Å²) in [6, 6.07) is 1.82. The third-order valence-electron chi connectivity index (χ3n) is 4.05. The molecule has 118 valence electrons. The molecule has 0 amide bonds. The summed E-state index contributed by atoms with van der Waals surface area (Å²) in [7, 11) is 1.51. The van der Waals surface area contributed by atoms with Crippen molar-refractivity contribution in [2.45, 2.75) is 36.4 Å². The Morgan fingerprint density at radius 3 is 2.62 bits per heavy atom. The fourth-order valence-corrected chi connectivity index (χ4v) is 4.23. The summed E-state index contributed by atoms with van der Waals surface area (Å²) in [5, 5.41) is 24.4. The van der Waals surface area contributed by atoms with E-state index in [-0.39, 0.29) is 6.54 Å². The number of thioether (sulfide) groups is 1. The minimum atomic E-state index is -1.65. The zero-order valence-corrected chi connectivity index (χ0v) is 14.8. The number of nitrogens with two attached hydrogens (primary N) is 1. The lowest BCUT2D eigenvalue weighted by Gasteiger charge is -2.65. The number of nitrogens with zero attached hydrogens (tertiary/aromatic N) is 2. The number of hydrogen-bond acceptors (Lipinski definition) is 6. The zero-order valence-electron chi connectivity index (χ0n) is 12.4. The lowest BCUT2D eigenvalue weighted by Crippen LogP contribution is -2.68.